The number of aliphatic hydroxyl groups is 1. The van der Waals surface area contributed by atoms with Crippen LogP contribution in [0.25, 0.3) is 0 Å². The van der Waals surface area contributed by atoms with Gasteiger partial charge in [0, 0.05) is 13.0 Å². The van der Waals surface area contributed by atoms with Crippen molar-refractivity contribution in [3.05, 3.63) is 29.8 Å². The van der Waals surface area contributed by atoms with Gasteiger partial charge in [0.25, 0.3) is 0 Å². The summed E-state index contributed by atoms with van der Waals surface area (Å²) in [5.74, 6) is 0.314. The van der Waals surface area contributed by atoms with Gasteiger partial charge in [-0.15, -0.1) is 0 Å². The molecular formula is C15H21NO3. The van der Waals surface area contributed by atoms with Crippen LogP contribution in [-0.4, -0.2) is 40.2 Å². The Morgan fingerprint density at radius 2 is 2.11 bits per heavy atom. The van der Waals surface area contributed by atoms with Crippen molar-refractivity contribution in [2.45, 2.75) is 38.1 Å². The molecular weight excluding hydrogens is 242 g/mol. The van der Waals surface area contributed by atoms with E-state index in [1.54, 1.807) is 17.0 Å². The number of aromatic hydroxyl groups is 1. The van der Waals surface area contributed by atoms with Crippen molar-refractivity contribution < 1.29 is 15.0 Å². The number of piperidine rings is 1. The van der Waals surface area contributed by atoms with E-state index >= 15 is 0 Å². The lowest BCUT2D eigenvalue weighted by molar-refractivity contribution is -0.135. The van der Waals surface area contributed by atoms with Crippen LogP contribution in [0.5, 0.6) is 5.75 Å². The molecule has 0 radical (unpaired) electrons. The van der Waals surface area contributed by atoms with Crippen LogP contribution in [0.3, 0.4) is 0 Å². The highest BCUT2D eigenvalue weighted by atomic mass is 16.3. The van der Waals surface area contributed by atoms with E-state index in [9.17, 15) is 15.0 Å². The number of phenols is 1. The first-order valence-electron chi connectivity index (χ1n) is 6.89. The Balaban J connectivity index is 1.92. The Morgan fingerprint density at radius 3 is 2.84 bits per heavy atom. The fraction of sp³-hybridized carbons (Fsp3) is 0.533. The van der Waals surface area contributed by atoms with E-state index in [1.807, 2.05) is 12.1 Å². The maximum atomic E-state index is 12.2. The van der Waals surface area contributed by atoms with E-state index in [1.165, 1.54) is 0 Å². The Hall–Kier alpha value is -1.55. The largest absolute Gasteiger partial charge is 0.508 e. The van der Waals surface area contributed by atoms with Crippen molar-refractivity contribution >= 4 is 5.91 Å². The highest BCUT2D eigenvalue weighted by Gasteiger charge is 2.25. The Kier molecular flexibility index (Phi) is 4.80. The molecule has 1 aromatic carbocycles. The number of amides is 1. The Bertz CT molecular complexity index is 433. The van der Waals surface area contributed by atoms with Crippen LogP contribution in [0, 0.1) is 0 Å². The summed E-state index contributed by atoms with van der Waals surface area (Å²) in [6, 6.07) is 7.08. The van der Waals surface area contributed by atoms with Crippen LogP contribution in [0.15, 0.2) is 24.3 Å². The van der Waals surface area contributed by atoms with Gasteiger partial charge >= 0.3 is 0 Å². The second-order valence-corrected chi connectivity index (χ2v) is 5.05. The molecule has 0 aromatic heterocycles. The van der Waals surface area contributed by atoms with Crippen molar-refractivity contribution in [3.63, 3.8) is 0 Å². The van der Waals surface area contributed by atoms with E-state index in [2.05, 4.69) is 0 Å². The van der Waals surface area contributed by atoms with Crippen molar-refractivity contribution in [3.8, 4) is 5.75 Å². The number of rotatable bonds is 4. The third-order valence-electron chi connectivity index (χ3n) is 3.76. The summed E-state index contributed by atoms with van der Waals surface area (Å²) in [6.45, 7) is 0.785. The van der Waals surface area contributed by atoms with E-state index in [4.69, 9.17) is 0 Å². The number of aliphatic hydroxyl groups excluding tert-OH is 1. The van der Waals surface area contributed by atoms with Gasteiger partial charge < -0.3 is 15.1 Å². The van der Waals surface area contributed by atoms with Gasteiger partial charge in [-0.25, -0.2) is 0 Å². The lowest BCUT2D eigenvalue weighted by Crippen LogP contribution is -2.45. The standard InChI is InChI=1S/C15H21NO3/c17-11-13-6-3-4-10-16(13)15(19)9-8-12-5-1-2-7-14(12)18/h1-2,5,7,13,17-18H,3-4,6,8-11H2. The molecule has 19 heavy (non-hydrogen) atoms. The number of likely N-dealkylation sites (tertiary alicyclic amines) is 1. The van der Waals surface area contributed by atoms with Crippen LogP contribution in [-0.2, 0) is 11.2 Å². The van der Waals surface area contributed by atoms with Gasteiger partial charge in [-0.3, -0.25) is 4.79 Å². The monoisotopic (exact) mass is 263 g/mol. The van der Waals surface area contributed by atoms with Crippen LogP contribution < -0.4 is 0 Å². The first kappa shape index (κ1) is 13.9. The third kappa shape index (κ3) is 3.47. The minimum Gasteiger partial charge on any atom is -0.508 e. The Labute approximate surface area is 113 Å². The highest BCUT2D eigenvalue weighted by molar-refractivity contribution is 5.77. The number of carbonyl (C=O) groups is 1. The molecule has 4 nitrogen and oxygen atoms in total. The van der Waals surface area contributed by atoms with E-state index < -0.39 is 0 Å². The van der Waals surface area contributed by atoms with Crippen LogP contribution >= 0.6 is 0 Å². The summed E-state index contributed by atoms with van der Waals surface area (Å²) in [4.78, 5) is 14.0. The summed E-state index contributed by atoms with van der Waals surface area (Å²) < 4.78 is 0. The van der Waals surface area contributed by atoms with Gasteiger partial charge in [-0.05, 0) is 37.3 Å². The zero-order valence-corrected chi connectivity index (χ0v) is 11.1. The molecule has 2 rings (SSSR count). The summed E-state index contributed by atoms with van der Waals surface area (Å²) >= 11 is 0. The normalized spacial score (nSPS) is 19.4. The SMILES string of the molecule is O=C(CCc1ccccc1O)N1CCCCC1CO. The van der Waals surface area contributed by atoms with Crippen molar-refractivity contribution in [1.82, 2.24) is 4.90 Å². The fourth-order valence-corrected chi connectivity index (χ4v) is 2.63. The zero-order chi connectivity index (χ0) is 13.7. The van der Waals surface area contributed by atoms with E-state index in [-0.39, 0.29) is 24.3 Å². The van der Waals surface area contributed by atoms with Gasteiger partial charge in [0.1, 0.15) is 5.75 Å². The van der Waals surface area contributed by atoms with Crippen molar-refractivity contribution in [2.24, 2.45) is 0 Å². The van der Waals surface area contributed by atoms with Crippen LogP contribution in [0.2, 0.25) is 0 Å². The minimum atomic E-state index is -0.0226. The number of carbonyl (C=O) groups excluding carboxylic acids is 1. The predicted molar refractivity (Wildman–Crippen MR) is 72.9 cm³/mol. The molecule has 1 atom stereocenters. The van der Waals surface area contributed by atoms with Gasteiger partial charge in [0.15, 0.2) is 0 Å². The average Bonchev–Trinajstić information content (AvgIpc) is 2.46. The molecule has 0 saturated carbocycles. The average molecular weight is 263 g/mol. The fourth-order valence-electron chi connectivity index (χ4n) is 2.63. The molecule has 1 fully saturated rings. The summed E-state index contributed by atoms with van der Waals surface area (Å²) in [5, 5.41) is 19.0. The van der Waals surface area contributed by atoms with Gasteiger partial charge in [-0.2, -0.15) is 0 Å². The smallest absolute Gasteiger partial charge is 0.223 e. The van der Waals surface area contributed by atoms with Gasteiger partial charge in [0.2, 0.25) is 5.91 Å². The van der Waals surface area contributed by atoms with Gasteiger partial charge in [-0.1, -0.05) is 18.2 Å². The van der Waals surface area contributed by atoms with E-state index in [0.29, 0.717) is 12.8 Å². The first-order valence-corrected chi connectivity index (χ1v) is 6.89. The molecule has 1 aliphatic rings. The third-order valence-corrected chi connectivity index (χ3v) is 3.76. The number of benzene rings is 1. The second kappa shape index (κ2) is 6.57. The molecule has 1 amide bonds. The molecule has 1 heterocycles. The molecule has 0 bridgehead atoms. The molecule has 4 heteroatoms. The quantitative estimate of drug-likeness (QED) is 0.869. The maximum absolute atomic E-state index is 12.2. The number of aryl methyl sites for hydroxylation is 1. The number of hydrogen-bond acceptors (Lipinski definition) is 3. The predicted octanol–water partition coefficient (Wildman–Crippen LogP) is 1.70. The maximum Gasteiger partial charge on any atom is 0.223 e. The number of phenolic OH excluding ortho intramolecular Hbond substituents is 1. The molecule has 104 valence electrons. The molecule has 2 N–H and O–H groups in total. The van der Waals surface area contributed by atoms with Crippen molar-refractivity contribution in [1.29, 1.82) is 0 Å². The molecule has 1 unspecified atom stereocenters. The van der Waals surface area contributed by atoms with Crippen LogP contribution in [0.1, 0.15) is 31.2 Å². The van der Waals surface area contributed by atoms with Gasteiger partial charge in [0.05, 0.1) is 12.6 Å². The first-order chi connectivity index (χ1) is 9.22. The molecule has 1 aliphatic heterocycles. The summed E-state index contributed by atoms with van der Waals surface area (Å²) in [6.07, 6.45) is 3.90. The molecule has 1 aromatic rings. The Morgan fingerprint density at radius 1 is 1.32 bits per heavy atom. The zero-order valence-electron chi connectivity index (χ0n) is 11.1. The number of para-hydroxylation sites is 1. The van der Waals surface area contributed by atoms with Crippen LogP contribution in [0.4, 0.5) is 0 Å². The summed E-state index contributed by atoms with van der Waals surface area (Å²) in [5.41, 5.74) is 0.799. The lowest BCUT2D eigenvalue weighted by atomic mass is 10.0. The molecule has 0 aliphatic carbocycles. The van der Waals surface area contributed by atoms with Crippen molar-refractivity contribution in [2.75, 3.05) is 13.2 Å². The topological polar surface area (TPSA) is 60.8 Å². The molecule has 1 saturated heterocycles. The molecule has 0 spiro atoms. The number of hydrogen-bond donors (Lipinski definition) is 2. The van der Waals surface area contributed by atoms with E-state index in [0.717, 1.165) is 31.4 Å². The number of nitrogens with zero attached hydrogens (tertiary/aromatic N) is 1. The minimum absolute atomic E-state index is 0.0226. The lowest BCUT2D eigenvalue weighted by Gasteiger charge is -2.34. The second-order valence-electron chi connectivity index (χ2n) is 5.05. The highest BCUT2D eigenvalue weighted by Crippen LogP contribution is 2.20. The summed E-state index contributed by atoms with van der Waals surface area (Å²) in [7, 11) is 0.